The summed E-state index contributed by atoms with van der Waals surface area (Å²) in [6.45, 7) is -0.502. The molecule has 8 nitrogen and oxygen atoms in total. The summed E-state index contributed by atoms with van der Waals surface area (Å²) >= 11 is 0. The van der Waals surface area contributed by atoms with E-state index in [0.717, 1.165) is 12.1 Å². The summed E-state index contributed by atoms with van der Waals surface area (Å²) in [6, 6.07) is 12.1. The minimum Gasteiger partial charge on any atom is -0.454 e. The zero-order valence-electron chi connectivity index (χ0n) is 16.8. The molecule has 2 heterocycles. The van der Waals surface area contributed by atoms with Gasteiger partial charge < -0.3 is 24.8 Å². The lowest BCUT2D eigenvalue weighted by atomic mass is 10.2. The monoisotopic (exact) mass is 459 g/mol. The van der Waals surface area contributed by atoms with E-state index in [4.69, 9.17) is 14.2 Å². The first-order valence-electron chi connectivity index (χ1n) is 9.55. The fourth-order valence-electron chi connectivity index (χ4n) is 2.96. The first kappa shape index (κ1) is 21.9. The van der Waals surface area contributed by atoms with Gasteiger partial charge in [0.25, 0.3) is 5.91 Å². The molecule has 0 radical (unpaired) electrons. The number of halogens is 3. The highest BCUT2D eigenvalue weighted by Crippen LogP contribution is 2.34. The van der Waals surface area contributed by atoms with E-state index in [2.05, 4.69) is 15.6 Å². The molecule has 11 heteroatoms. The number of rotatable bonds is 6. The molecule has 4 rings (SSSR count). The van der Waals surface area contributed by atoms with E-state index >= 15 is 0 Å². The Morgan fingerprint density at radius 1 is 1.00 bits per heavy atom. The van der Waals surface area contributed by atoms with Crippen LogP contribution in [0.4, 0.5) is 30.4 Å². The first-order chi connectivity index (χ1) is 15.8. The van der Waals surface area contributed by atoms with Crippen LogP contribution in [0.25, 0.3) is 0 Å². The third kappa shape index (κ3) is 5.32. The lowest BCUT2D eigenvalue weighted by molar-refractivity contribution is -0.137. The molecule has 0 atom stereocenters. The maximum absolute atomic E-state index is 12.9. The Bertz CT molecular complexity index is 1200. The number of alkyl halides is 3. The van der Waals surface area contributed by atoms with Crippen LogP contribution in [0.3, 0.4) is 0 Å². The molecule has 33 heavy (non-hydrogen) atoms. The van der Waals surface area contributed by atoms with E-state index in [1.54, 1.807) is 18.2 Å². The zero-order chi connectivity index (χ0) is 23.4. The highest BCUT2D eigenvalue weighted by Gasteiger charge is 2.30. The van der Waals surface area contributed by atoms with Crippen molar-refractivity contribution in [2.45, 2.75) is 6.18 Å². The Labute approximate surface area is 185 Å². The van der Waals surface area contributed by atoms with Gasteiger partial charge in [0.05, 0.1) is 5.56 Å². The number of anilines is 3. The fourth-order valence-corrected chi connectivity index (χ4v) is 2.96. The minimum absolute atomic E-state index is 0.0157. The van der Waals surface area contributed by atoms with Crippen LogP contribution in [0.1, 0.15) is 15.9 Å². The number of fused-ring (bicyclic) bond motifs is 1. The number of aromatic nitrogens is 1. The summed E-state index contributed by atoms with van der Waals surface area (Å²) in [7, 11) is 0. The van der Waals surface area contributed by atoms with Gasteiger partial charge in [0.2, 0.25) is 6.79 Å². The van der Waals surface area contributed by atoms with Crippen molar-refractivity contribution < 1.29 is 37.0 Å². The molecule has 2 N–H and O–H groups in total. The molecule has 170 valence electrons. The molecule has 0 saturated heterocycles. The number of ether oxygens (including phenoxy) is 3. The number of carbonyl (C=O) groups is 2. The van der Waals surface area contributed by atoms with Gasteiger partial charge in [-0.1, -0.05) is 6.07 Å². The van der Waals surface area contributed by atoms with Crippen LogP contribution in [0.2, 0.25) is 0 Å². The molecular weight excluding hydrogens is 443 g/mol. The topological polar surface area (TPSA) is 98.8 Å². The van der Waals surface area contributed by atoms with Crippen molar-refractivity contribution >= 4 is 29.1 Å². The molecule has 1 aliphatic heterocycles. The van der Waals surface area contributed by atoms with E-state index in [-0.39, 0.29) is 23.9 Å². The average molecular weight is 459 g/mol. The van der Waals surface area contributed by atoms with Crippen LogP contribution < -0.4 is 20.1 Å². The molecule has 0 saturated carbocycles. The van der Waals surface area contributed by atoms with Crippen LogP contribution in [0.5, 0.6) is 11.5 Å². The summed E-state index contributed by atoms with van der Waals surface area (Å²) in [5.41, 5.74) is -0.398. The number of nitrogens with zero attached hydrogens (tertiary/aromatic N) is 1. The fraction of sp³-hybridized carbons (Fsp3) is 0.136. The van der Waals surface area contributed by atoms with Crippen LogP contribution in [0, 0.1) is 0 Å². The van der Waals surface area contributed by atoms with Gasteiger partial charge >= 0.3 is 12.1 Å². The van der Waals surface area contributed by atoms with Gasteiger partial charge in [0.15, 0.2) is 18.1 Å². The third-order valence-corrected chi connectivity index (χ3v) is 4.47. The Hall–Kier alpha value is -4.28. The first-order valence-corrected chi connectivity index (χ1v) is 9.55. The standard InChI is InChI=1S/C22H16F3N3O5/c23-22(24,25)13-3-1-4-14(9-13)28-20-16(5-2-8-26-20)21(30)31-11-19(29)27-15-6-7-17-18(10-15)33-12-32-17/h1-10H,11-12H2,(H,26,28)(H,27,29). The van der Waals surface area contributed by atoms with Crippen LogP contribution in [0.15, 0.2) is 60.8 Å². The highest BCUT2D eigenvalue weighted by atomic mass is 19.4. The van der Waals surface area contributed by atoms with E-state index in [1.165, 1.54) is 30.5 Å². The highest BCUT2D eigenvalue weighted by molar-refractivity contribution is 5.98. The lowest BCUT2D eigenvalue weighted by Gasteiger charge is -2.13. The quantitative estimate of drug-likeness (QED) is 0.528. The van der Waals surface area contributed by atoms with E-state index < -0.39 is 30.2 Å². The van der Waals surface area contributed by atoms with Crippen LogP contribution in [-0.2, 0) is 15.7 Å². The molecule has 1 amide bonds. The van der Waals surface area contributed by atoms with Gasteiger partial charge in [-0.3, -0.25) is 4.79 Å². The Morgan fingerprint density at radius 3 is 2.64 bits per heavy atom. The summed E-state index contributed by atoms with van der Waals surface area (Å²) in [5.74, 6) is -0.461. The molecule has 0 unspecified atom stereocenters. The average Bonchev–Trinajstić information content (AvgIpc) is 3.25. The van der Waals surface area contributed by atoms with Crippen molar-refractivity contribution in [1.82, 2.24) is 4.98 Å². The van der Waals surface area contributed by atoms with Gasteiger partial charge in [0.1, 0.15) is 11.4 Å². The van der Waals surface area contributed by atoms with Gasteiger partial charge in [-0.25, -0.2) is 9.78 Å². The van der Waals surface area contributed by atoms with Crippen molar-refractivity contribution in [2.75, 3.05) is 24.0 Å². The number of amides is 1. The van der Waals surface area contributed by atoms with Crippen molar-refractivity contribution in [3.63, 3.8) is 0 Å². The number of esters is 1. The smallest absolute Gasteiger partial charge is 0.416 e. The van der Waals surface area contributed by atoms with Gasteiger partial charge in [0, 0.05) is 23.6 Å². The molecule has 0 bridgehead atoms. The summed E-state index contributed by atoms with van der Waals surface area (Å²) in [6.07, 6.45) is -3.16. The van der Waals surface area contributed by atoms with Crippen molar-refractivity contribution in [1.29, 1.82) is 0 Å². The van der Waals surface area contributed by atoms with Crippen molar-refractivity contribution in [3.8, 4) is 11.5 Å². The predicted octanol–water partition coefficient (Wildman–Crippen LogP) is 4.37. The molecule has 3 aromatic rings. The second-order valence-electron chi connectivity index (χ2n) is 6.80. The van der Waals surface area contributed by atoms with Crippen molar-refractivity contribution in [3.05, 3.63) is 71.9 Å². The Kier molecular flexibility index (Phi) is 6.03. The second-order valence-corrected chi connectivity index (χ2v) is 6.80. The maximum Gasteiger partial charge on any atom is 0.416 e. The summed E-state index contributed by atoms with van der Waals surface area (Å²) in [4.78, 5) is 28.6. The number of hydrogen-bond donors (Lipinski definition) is 2. The molecule has 0 fully saturated rings. The molecule has 0 spiro atoms. The van der Waals surface area contributed by atoms with Crippen LogP contribution >= 0.6 is 0 Å². The summed E-state index contributed by atoms with van der Waals surface area (Å²) < 4.78 is 54.3. The SMILES string of the molecule is O=C(COC(=O)c1cccnc1Nc1cccc(C(F)(F)F)c1)Nc1ccc2c(c1)OCO2. The normalized spacial score (nSPS) is 12.2. The minimum atomic E-state index is -4.52. The predicted molar refractivity (Wildman–Crippen MR) is 110 cm³/mol. The Morgan fingerprint density at radius 2 is 1.82 bits per heavy atom. The number of carbonyl (C=O) groups excluding carboxylic acids is 2. The molecular formula is C22H16F3N3O5. The largest absolute Gasteiger partial charge is 0.454 e. The van der Waals surface area contributed by atoms with E-state index in [9.17, 15) is 22.8 Å². The summed E-state index contributed by atoms with van der Waals surface area (Å²) in [5, 5.41) is 5.24. The number of nitrogens with one attached hydrogen (secondary N) is 2. The molecule has 0 aliphatic carbocycles. The van der Waals surface area contributed by atoms with Crippen LogP contribution in [-0.4, -0.2) is 30.3 Å². The van der Waals surface area contributed by atoms with Gasteiger partial charge in [-0.2, -0.15) is 13.2 Å². The third-order valence-electron chi connectivity index (χ3n) is 4.47. The second kappa shape index (κ2) is 9.07. The lowest BCUT2D eigenvalue weighted by Crippen LogP contribution is -2.21. The maximum atomic E-state index is 12.9. The number of hydrogen-bond acceptors (Lipinski definition) is 7. The Balaban J connectivity index is 1.39. The number of benzene rings is 2. The zero-order valence-corrected chi connectivity index (χ0v) is 16.8. The van der Waals surface area contributed by atoms with Gasteiger partial charge in [-0.15, -0.1) is 0 Å². The molecule has 1 aromatic heterocycles. The van der Waals surface area contributed by atoms with E-state index in [1.807, 2.05) is 0 Å². The van der Waals surface area contributed by atoms with Crippen molar-refractivity contribution in [2.24, 2.45) is 0 Å². The molecule has 1 aliphatic rings. The van der Waals surface area contributed by atoms with E-state index in [0.29, 0.717) is 17.2 Å². The number of pyridine rings is 1. The van der Waals surface area contributed by atoms with Gasteiger partial charge in [-0.05, 0) is 42.5 Å². The molecule has 2 aromatic carbocycles.